The van der Waals surface area contributed by atoms with Gasteiger partial charge in [0.05, 0.1) is 96.1 Å². The number of carbonyl (C=O) groups excluding carboxylic acids is 5. The summed E-state index contributed by atoms with van der Waals surface area (Å²) in [5.74, 6) is -2.69. The van der Waals surface area contributed by atoms with Gasteiger partial charge < -0.3 is 38.5 Å². The van der Waals surface area contributed by atoms with E-state index < -0.39 is 29.7 Å². The number of ether oxygens (including phenoxy) is 7. The Labute approximate surface area is 332 Å². The summed E-state index contributed by atoms with van der Waals surface area (Å²) in [6, 6.07) is 3.55. The number of amides is 5. The molecule has 1 fully saturated rings. The van der Waals surface area contributed by atoms with Gasteiger partial charge in [0, 0.05) is 26.1 Å². The van der Waals surface area contributed by atoms with E-state index >= 15 is 0 Å². The first-order valence-corrected chi connectivity index (χ1v) is 20.6. The topological polar surface area (TPSA) is 177 Å². The molecule has 2 aliphatic rings. The molecule has 1 aromatic rings. The molecule has 2 N–H and O–H groups in total. The van der Waals surface area contributed by atoms with Gasteiger partial charge >= 0.3 is 0 Å². The minimum Gasteiger partial charge on any atom is -0.379 e. The van der Waals surface area contributed by atoms with Crippen molar-refractivity contribution in [3.05, 3.63) is 29.3 Å². The van der Waals surface area contributed by atoms with E-state index in [4.69, 9.17) is 33.2 Å². The highest BCUT2D eigenvalue weighted by atomic mass is 16.6. The zero-order chi connectivity index (χ0) is 40.1. The third-order valence-electron chi connectivity index (χ3n) is 9.31. The van der Waals surface area contributed by atoms with Crippen LogP contribution < -0.4 is 10.6 Å². The molecule has 0 aliphatic carbocycles. The number of imide groups is 2. The summed E-state index contributed by atoms with van der Waals surface area (Å²) in [6.07, 6.45) is 12.9. The van der Waals surface area contributed by atoms with Crippen molar-refractivity contribution in [2.75, 3.05) is 97.8 Å². The summed E-state index contributed by atoms with van der Waals surface area (Å²) in [5, 5.41) is 4.91. The highest BCUT2D eigenvalue weighted by molar-refractivity contribution is 6.26. The van der Waals surface area contributed by atoms with Gasteiger partial charge in [-0.05, 0) is 37.8 Å². The molecular weight excluding hydrogens is 726 g/mol. The number of fused-ring (bicyclic) bond motifs is 1. The Morgan fingerprint density at radius 2 is 1.09 bits per heavy atom. The summed E-state index contributed by atoms with van der Waals surface area (Å²) >= 11 is 0. The first kappa shape index (κ1) is 47.1. The number of anilines is 1. The fraction of sp³-hybridized carbons (Fsp3) is 0.732. The Morgan fingerprint density at radius 3 is 1.59 bits per heavy atom. The Bertz CT molecular complexity index is 1310. The highest BCUT2D eigenvalue weighted by Gasteiger charge is 2.45. The third-order valence-corrected chi connectivity index (χ3v) is 9.31. The van der Waals surface area contributed by atoms with Gasteiger partial charge in [-0.25, -0.2) is 0 Å². The number of benzene rings is 1. The predicted molar refractivity (Wildman–Crippen MR) is 209 cm³/mol. The van der Waals surface area contributed by atoms with Crippen LogP contribution >= 0.6 is 0 Å². The lowest BCUT2D eigenvalue weighted by molar-refractivity contribution is -0.136. The Morgan fingerprint density at radius 1 is 0.625 bits per heavy atom. The molecule has 1 unspecified atom stereocenters. The molecule has 0 radical (unpaired) electrons. The number of carbonyl (C=O) groups is 5. The normalized spacial score (nSPS) is 15.4. The van der Waals surface area contributed by atoms with Crippen molar-refractivity contribution >= 4 is 35.2 Å². The van der Waals surface area contributed by atoms with Crippen LogP contribution in [0.1, 0.15) is 118 Å². The van der Waals surface area contributed by atoms with Crippen LogP contribution in [0.15, 0.2) is 18.2 Å². The van der Waals surface area contributed by atoms with Crippen LogP contribution in [0.4, 0.5) is 5.69 Å². The highest BCUT2D eigenvalue weighted by Crippen LogP contribution is 2.32. The fourth-order valence-corrected chi connectivity index (χ4v) is 6.26. The third kappa shape index (κ3) is 18.8. The molecule has 0 saturated carbocycles. The quantitative estimate of drug-likeness (QED) is 0.0708. The van der Waals surface area contributed by atoms with Gasteiger partial charge in [0.25, 0.3) is 11.8 Å². The smallest absolute Gasteiger partial charge is 0.264 e. The van der Waals surface area contributed by atoms with E-state index in [1.165, 1.54) is 51.0 Å². The molecule has 1 saturated heterocycles. The largest absolute Gasteiger partial charge is 0.379 e. The van der Waals surface area contributed by atoms with E-state index in [0.29, 0.717) is 92.3 Å². The molecule has 316 valence electrons. The van der Waals surface area contributed by atoms with Gasteiger partial charge in [-0.15, -0.1) is 0 Å². The second-order valence-electron chi connectivity index (χ2n) is 13.8. The second kappa shape index (κ2) is 29.9. The SMILES string of the molecule is CCCCCCCCCCOCCOCCOCCOCCOCCOCCOCCCCCC(=O)Nc1cccc2c1C(=O)N(C1CCC(=O)NC1=O)C2=O. The summed E-state index contributed by atoms with van der Waals surface area (Å²) in [7, 11) is 0. The van der Waals surface area contributed by atoms with Crippen molar-refractivity contribution in [3.63, 3.8) is 0 Å². The number of nitrogens with zero attached hydrogens (tertiary/aromatic N) is 1. The van der Waals surface area contributed by atoms with E-state index in [9.17, 15) is 24.0 Å². The van der Waals surface area contributed by atoms with Crippen LogP contribution in [0.25, 0.3) is 0 Å². The lowest BCUT2D eigenvalue weighted by atomic mass is 10.0. The molecule has 2 aliphatic heterocycles. The first-order chi connectivity index (χ1) is 27.4. The number of unbranched alkanes of at least 4 members (excludes halogenated alkanes) is 9. The second-order valence-corrected chi connectivity index (χ2v) is 13.8. The van der Waals surface area contributed by atoms with Gasteiger partial charge in [-0.1, -0.05) is 64.4 Å². The molecule has 0 aromatic heterocycles. The zero-order valence-corrected chi connectivity index (χ0v) is 33.5. The Hall–Kier alpha value is -3.31. The Balaban J connectivity index is 1.03. The van der Waals surface area contributed by atoms with Crippen molar-refractivity contribution in [1.29, 1.82) is 0 Å². The number of hydrogen-bond acceptors (Lipinski definition) is 12. The molecule has 15 nitrogen and oxygen atoms in total. The average Bonchev–Trinajstić information content (AvgIpc) is 3.44. The van der Waals surface area contributed by atoms with Crippen LogP contribution in [0.3, 0.4) is 0 Å². The van der Waals surface area contributed by atoms with Crippen LogP contribution in [-0.2, 0) is 47.5 Å². The average molecular weight is 792 g/mol. The first-order valence-electron chi connectivity index (χ1n) is 20.6. The van der Waals surface area contributed by atoms with E-state index in [1.807, 2.05) is 0 Å². The number of piperidine rings is 1. The molecule has 1 atom stereocenters. The van der Waals surface area contributed by atoms with Gasteiger partial charge in [-0.2, -0.15) is 0 Å². The number of hydrogen-bond donors (Lipinski definition) is 2. The van der Waals surface area contributed by atoms with Gasteiger partial charge in [-0.3, -0.25) is 34.2 Å². The molecule has 3 rings (SSSR count). The maximum Gasteiger partial charge on any atom is 0.264 e. The minimum atomic E-state index is -1.07. The van der Waals surface area contributed by atoms with E-state index in [0.717, 1.165) is 30.8 Å². The van der Waals surface area contributed by atoms with Gasteiger partial charge in [0.1, 0.15) is 6.04 Å². The summed E-state index contributed by atoms with van der Waals surface area (Å²) in [6.45, 7) is 9.73. The molecule has 56 heavy (non-hydrogen) atoms. The lowest BCUT2D eigenvalue weighted by Crippen LogP contribution is -2.54. The van der Waals surface area contributed by atoms with Crippen LogP contribution in [-0.4, -0.2) is 133 Å². The van der Waals surface area contributed by atoms with Crippen molar-refractivity contribution in [2.45, 2.75) is 103 Å². The molecular formula is C41H65N3O12. The number of nitrogens with one attached hydrogen (secondary N) is 2. The molecule has 0 spiro atoms. The summed E-state index contributed by atoms with van der Waals surface area (Å²) in [5.41, 5.74) is 0.399. The standard InChI is InChI=1S/C41H65N3O12/c1-2-3-4-5-6-7-8-11-19-50-21-23-52-25-27-54-29-31-56-32-30-55-28-26-53-24-22-51-20-12-9-10-16-36(45)42-34-15-13-14-33-38(34)41(49)44(40(33)48)35-17-18-37(46)43-39(35)47/h13-15,35H,2-12,16-32H2,1H3,(H,42,45)(H,43,46,47). The van der Waals surface area contributed by atoms with Gasteiger partial charge in [0.2, 0.25) is 17.7 Å². The minimum absolute atomic E-state index is 0.0328. The Kier molecular flexibility index (Phi) is 25.1. The summed E-state index contributed by atoms with van der Waals surface area (Å²) in [4.78, 5) is 63.5. The van der Waals surface area contributed by atoms with E-state index in [-0.39, 0.29) is 42.0 Å². The van der Waals surface area contributed by atoms with Crippen LogP contribution in [0.2, 0.25) is 0 Å². The molecule has 1 aromatic carbocycles. The maximum absolute atomic E-state index is 13.2. The molecule has 0 bridgehead atoms. The number of rotatable bonds is 35. The monoisotopic (exact) mass is 791 g/mol. The zero-order valence-electron chi connectivity index (χ0n) is 33.5. The van der Waals surface area contributed by atoms with E-state index in [1.54, 1.807) is 12.1 Å². The van der Waals surface area contributed by atoms with E-state index in [2.05, 4.69) is 17.6 Å². The maximum atomic E-state index is 13.2. The molecule has 5 amide bonds. The fourth-order valence-electron chi connectivity index (χ4n) is 6.26. The summed E-state index contributed by atoms with van der Waals surface area (Å²) < 4.78 is 38.8. The molecule has 15 heteroatoms. The molecule has 2 heterocycles. The van der Waals surface area contributed by atoms with Crippen molar-refractivity contribution in [1.82, 2.24) is 10.2 Å². The van der Waals surface area contributed by atoms with Crippen LogP contribution in [0.5, 0.6) is 0 Å². The van der Waals surface area contributed by atoms with Crippen molar-refractivity contribution in [2.24, 2.45) is 0 Å². The van der Waals surface area contributed by atoms with Crippen molar-refractivity contribution in [3.8, 4) is 0 Å². The van der Waals surface area contributed by atoms with Crippen LogP contribution in [0, 0.1) is 0 Å². The predicted octanol–water partition coefficient (Wildman–Crippen LogP) is 4.84. The van der Waals surface area contributed by atoms with Crippen molar-refractivity contribution < 1.29 is 57.1 Å². The lowest BCUT2D eigenvalue weighted by Gasteiger charge is -2.27. The van der Waals surface area contributed by atoms with Gasteiger partial charge in [0.15, 0.2) is 0 Å².